The Labute approximate surface area is 64.9 Å². The zero-order chi connectivity index (χ0) is 6.41. The molecule has 0 saturated heterocycles. The van der Waals surface area contributed by atoms with Crippen molar-refractivity contribution in [3.8, 4) is 0 Å². The molecule has 0 bridgehead atoms. The largest absolute Gasteiger partial charge is 0.481 e. The second kappa shape index (κ2) is 7.95. The van der Waals surface area contributed by atoms with Crippen LogP contribution in [-0.2, 0) is 26.6 Å². The van der Waals surface area contributed by atoms with E-state index < -0.39 is 5.97 Å². The molecule has 0 aliphatic heterocycles. The van der Waals surface area contributed by atoms with Gasteiger partial charge in [0.05, 0.1) is 13.0 Å². The van der Waals surface area contributed by atoms with Crippen LogP contribution < -0.4 is 0 Å². The molecule has 0 fully saturated rings. The molecule has 0 aromatic rings. The Morgan fingerprint density at radius 3 is 2.56 bits per heavy atom. The third-order valence-electron chi connectivity index (χ3n) is 0.664. The summed E-state index contributed by atoms with van der Waals surface area (Å²) in [5.74, 6) is -0.807. The molecule has 0 atom stereocenters. The fourth-order valence-electron chi connectivity index (χ4n) is 0.304. The average molecular weight is 173 g/mol. The number of rotatable bonds is 4. The standard InChI is InChI=1S/C5H10O3.Mn/c1-2-8-4-3-5(6)7;/h2-4H2,1H3,(H,6,7);. The number of hydrogen-bond acceptors (Lipinski definition) is 2. The summed E-state index contributed by atoms with van der Waals surface area (Å²) in [5, 5.41) is 8.06. The maximum atomic E-state index is 9.79. The van der Waals surface area contributed by atoms with Gasteiger partial charge in [-0.3, -0.25) is 4.79 Å². The molecule has 4 heteroatoms. The Morgan fingerprint density at radius 2 is 2.22 bits per heavy atom. The van der Waals surface area contributed by atoms with Crippen molar-refractivity contribution in [2.75, 3.05) is 13.2 Å². The van der Waals surface area contributed by atoms with E-state index in [0.29, 0.717) is 13.2 Å². The Bertz CT molecular complexity index is 74.6. The van der Waals surface area contributed by atoms with Gasteiger partial charge in [-0.1, -0.05) is 0 Å². The van der Waals surface area contributed by atoms with Gasteiger partial charge in [0.2, 0.25) is 0 Å². The van der Waals surface area contributed by atoms with Crippen LogP contribution in [0.2, 0.25) is 0 Å². The molecule has 0 rings (SSSR count). The monoisotopic (exact) mass is 173 g/mol. The number of aliphatic carboxylic acids is 1. The molecule has 0 amide bonds. The van der Waals surface area contributed by atoms with Crippen molar-refractivity contribution in [3.05, 3.63) is 0 Å². The zero-order valence-electron chi connectivity index (χ0n) is 5.26. The molecule has 0 heterocycles. The number of hydrogen-bond donors (Lipinski definition) is 1. The van der Waals surface area contributed by atoms with Crippen molar-refractivity contribution in [3.63, 3.8) is 0 Å². The van der Waals surface area contributed by atoms with E-state index in [1.807, 2.05) is 6.92 Å². The molecular formula is C5H10MnO3. The van der Waals surface area contributed by atoms with E-state index in [-0.39, 0.29) is 23.5 Å². The Kier molecular flexibility index (Phi) is 10.3. The van der Waals surface area contributed by atoms with Gasteiger partial charge in [-0.25, -0.2) is 0 Å². The van der Waals surface area contributed by atoms with Crippen molar-refractivity contribution in [2.24, 2.45) is 0 Å². The van der Waals surface area contributed by atoms with Crippen LogP contribution in [0.1, 0.15) is 13.3 Å². The third-order valence-corrected chi connectivity index (χ3v) is 0.664. The van der Waals surface area contributed by atoms with Crippen LogP contribution in [0.15, 0.2) is 0 Å². The van der Waals surface area contributed by atoms with Gasteiger partial charge in [-0.15, -0.1) is 0 Å². The minimum absolute atomic E-state index is 0. The zero-order valence-corrected chi connectivity index (χ0v) is 6.44. The first-order valence-corrected chi connectivity index (χ1v) is 2.57. The first kappa shape index (κ1) is 11.7. The third kappa shape index (κ3) is 11.5. The molecule has 0 aliphatic rings. The minimum atomic E-state index is -0.807. The van der Waals surface area contributed by atoms with Gasteiger partial charge in [0, 0.05) is 23.7 Å². The average Bonchev–Trinajstić information content (AvgIpc) is 1.66. The molecule has 0 saturated carbocycles. The van der Waals surface area contributed by atoms with E-state index in [4.69, 9.17) is 9.84 Å². The molecule has 3 nitrogen and oxygen atoms in total. The van der Waals surface area contributed by atoms with Crippen molar-refractivity contribution >= 4 is 5.97 Å². The number of carbonyl (C=O) groups is 1. The van der Waals surface area contributed by atoms with E-state index in [0.717, 1.165) is 0 Å². The smallest absolute Gasteiger partial charge is 0.305 e. The topological polar surface area (TPSA) is 46.5 Å². The van der Waals surface area contributed by atoms with Crippen LogP contribution in [0.25, 0.3) is 0 Å². The molecule has 0 spiro atoms. The summed E-state index contributed by atoms with van der Waals surface area (Å²) in [6.45, 7) is 2.75. The second-order valence-electron chi connectivity index (χ2n) is 1.34. The van der Waals surface area contributed by atoms with Crippen LogP contribution in [0.3, 0.4) is 0 Å². The molecule has 0 aliphatic carbocycles. The van der Waals surface area contributed by atoms with Crippen molar-refractivity contribution in [2.45, 2.75) is 13.3 Å². The van der Waals surface area contributed by atoms with Crippen LogP contribution >= 0.6 is 0 Å². The van der Waals surface area contributed by atoms with Gasteiger partial charge in [-0.05, 0) is 6.92 Å². The molecular weight excluding hydrogens is 163 g/mol. The van der Waals surface area contributed by atoms with Crippen LogP contribution in [0.5, 0.6) is 0 Å². The molecule has 0 unspecified atom stereocenters. The van der Waals surface area contributed by atoms with Crippen molar-refractivity contribution in [1.82, 2.24) is 0 Å². The Hall–Kier alpha value is -0.0505. The number of carboxylic acids is 1. The van der Waals surface area contributed by atoms with Crippen molar-refractivity contribution in [1.29, 1.82) is 0 Å². The van der Waals surface area contributed by atoms with Gasteiger partial charge in [-0.2, -0.15) is 0 Å². The second-order valence-corrected chi connectivity index (χ2v) is 1.34. The van der Waals surface area contributed by atoms with Gasteiger partial charge in [0.15, 0.2) is 0 Å². The molecule has 55 valence electrons. The summed E-state index contributed by atoms with van der Waals surface area (Å²) in [6, 6.07) is 0. The quantitative estimate of drug-likeness (QED) is 0.497. The fourth-order valence-corrected chi connectivity index (χ4v) is 0.304. The SMILES string of the molecule is CCOCCC(=O)O.[Mn]. The van der Waals surface area contributed by atoms with E-state index >= 15 is 0 Å². The number of carboxylic acid groups (broad SMARTS) is 1. The Morgan fingerprint density at radius 1 is 1.67 bits per heavy atom. The van der Waals surface area contributed by atoms with Crippen LogP contribution in [0, 0.1) is 0 Å². The predicted octanol–water partition coefficient (Wildman–Crippen LogP) is 0.495. The van der Waals surface area contributed by atoms with Crippen molar-refractivity contribution < 1.29 is 31.7 Å². The summed E-state index contributed by atoms with van der Waals surface area (Å²) in [6.07, 6.45) is 0.105. The summed E-state index contributed by atoms with van der Waals surface area (Å²) in [7, 11) is 0. The molecule has 9 heavy (non-hydrogen) atoms. The van der Waals surface area contributed by atoms with Gasteiger partial charge in [0.25, 0.3) is 0 Å². The van der Waals surface area contributed by atoms with Gasteiger partial charge >= 0.3 is 5.97 Å². The summed E-state index contributed by atoms with van der Waals surface area (Å²) >= 11 is 0. The molecule has 1 N–H and O–H groups in total. The molecule has 0 aromatic carbocycles. The van der Waals surface area contributed by atoms with Crippen LogP contribution in [0.4, 0.5) is 0 Å². The normalized spacial score (nSPS) is 8.11. The summed E-state index contributed by atoms with van der Waals surface area (Å²) in [4.78, 5) is 9.79. The van der Waals surface area contributed by atoms with Crippen LogP contribution in [-0.4, -0.2) is 24.3 Å². The first-order chi connectivity index (χ1) is 3.77. The van der Waals surface area contributed by atoms with Gasteiger partial charge < -0.3 is 9.84 Å². The van der Waals surface area contributed by atoms with E-state index in [1.54, 1.807) is 0 Å². The number of ether oxygens (including phenoxy) is 1. The first-order valence-electron chi connectivity index (χ1n) is 2.57. The molecule has 0 aromatic heterocycles. The molecule has 1 radical (unpaired) electrons. The Balaban J connectivity index is 0. The summed E-state index contributed by atoms with van der Waals surface area (Å²) < 4.78 is 4.76. The minimum Gasteiger partial charge on any atom is -0.481 e. The fraction of sp³-hybridized carbons (Fsp3) is 0.800. The van der Waals surface area contributed by atoms with E-state index in [1.165, 1.54) is 0 Å². The van der Waals surface area contributed by atoms with E-state index in [9.17, 15) is 4.79 Å². The maximum Gasteiger partial charge on any atom is 0.305 e. The predicted molar refractivity (Wildman–Crippen MR) is 28.7 cm³/mol. The van der Waals surface area contributed by atoms with E-state index in [2.05, 4.69) is 0 Å². The maximum absolute atomic E-state index is 9.79. The van der Waals surface area contributed by atoms with Gasteiger partial charge in [0.1, 0.15) is 0 Å². The summed E-state index contributed by atoms with van der Waals surface area (Å²) in [5.41, 5.74) is 0.